The Morgan fingerprint density at radius 3 is 2.50 bits per heavy atom. The van der Waals surface area contributed by atoms with E-state index in [1.165, 1.54) is 12.4 Å². The topological polar surface area (TPSA) is 69.6 Å². The van der Waals surface area contributed by atoms with Crippen LogP contribution in [0.25, 0.3) is 11.1 Å². The zero-order chi connectivity index (χ0) is 19.9. The fourth-order valence-electron chi connectivity index (χ4n) is 4.73. The molecule has 0 spiro atoms. The van der Waals surface area contributed by atoms with Crippen LogP contribution < -0.4 is 0 Å². The van der Waals surface area contributed by atoms with Crippen LogP contribution in [-0.2, 0) is 5.54 Å². The summed E-state index contributed by atoms with van der Waals surface area (Å²) in [6.45, 7) is 6.66. The first-order valence-electron chi connectivity index (χ1n) is 9.68. The second kappa shape index (κ2) is 7.13. The third-order valence-electron chi connectivity index (χ3n) is 6.31. The number of carboxylic acid groups (broad SMARTS) is 1. The van der Waals surface area contributed by atoms with Crippen molar-refractivity contribution in [2.75, 3.05) is 19.6 Å². The molecule has 7 heteroatoms. The van der Waals surface area contributed by atoms with Gasteiger partial charge in [-0.2, -0.15) is 0 Å². The van der Waals surface area contributed by atoms with Crippen molar-refractivity contribution in [2.45, 2.75) is 38.3 Å². The van der Waals surface area contributed by atoms with Crippen molar-refractivity contribution >= 4 is 6.09 Å². The second-order valence-corrected chi connectivity index (χ2v) is 8.24. The van der Waals surface area contributed by atoms with E-state index >= 15 is 0 Å². The van der Waals surface area contributed by atoms with E-state index in [0.29, 0.717) is 17.0 Å². The zero-order valence-corrected chi connectivity index (χ0v) is 16.2. The molecule has 2 aromatic rings. The Morgan fingerprint density at radius 2 is 1.93 bits per heavy atom. The number of halogens is 1. The van der Waals surface area contributed by atoms with Crippen LogP contribution in [0.2, 0.25) is 0 Å². The molecule has 1 N–H and O–H groups in total. The number of nitrogens with zero attached hydrogens (tertiary/aromatic N) is 4. The van der Waals surface area contributed by atoms with Gasteiger partial charge in [-0.3, -0.25) is 4.90 Å². The maximum Gasteiger partial charge on any atom is 0.408 e. The van der Waals surface area contributed by atoms with Crippen LogP contribution in [0.15, 0.2) is 36.9 Å². The molecule has 148 valence electrons. The van der Waals surface area contributed by atoms with Crippen molar-refractivity contribution in [1.29, 1.82) is 0 Å². The molecule has 3 saturated heterocycles. The average Bonchev–Trinajstić information content (AvgIpc) is 2.69. The number of piperidine rings is 3. The summed E-state index contributed by atoms with van der Waals surface area (Å²) in [5.74, 6) is 0.00174. The lowest BCUT2D eigenvalue weighted by Gasteiger charge is -2.52. The summed E-state index contributed by atoms with van der Waals surface area (Å²) < 4.78 is 14.5. The largest absolute Gasteiger partial charge is 0.465 e. The van der Waals surface area contributed by atoms with Gasteiger partial charge in [-0.15, -0.1) is 0 Å². The summed E-state index contributed by atoms with van der Waals surface area (Å²) in [6.07, 6.45) is 5.64. The maximum atomic E-state index is 14.5. The summed E-state index contributed by atoms with van der Waals surface area (Å²) in [6, 6.07) is 4.75. The van der Waals surface area contributed by atoms with E-state index in [2.05, 4.69) is 14.9 Å². The fraction of sp³-hybridized carbons (Fsp3) is 0.476. The van der Waals surface area contributed by atoms with Crippen LogP contribution >= 0.6 is 0 Å². The zero-order valence-electron chi connectivity index (χ0n) is 16.2. The molecule has 1 aromatic carbocycles. The predicted octanol–water partition coefficient (Wildman–Crippen LogP) is 3.59. The molecule has 5 rings (SSSR count). The maximum absolute atomic E-state index is 14.5. The van der Waals surface area contributed by atoms with E-state index in [4.69, 9.17) is 0 Å². The molecule has 1 amide bonds. The van der Waals surface area contributed by atoms with Gasteiger partial charge in [0.25, 0.3) is 0 Å². The molecule has 2 bridgehead atoms. The molecule has 1 aromatic heterocycles. The Balaban J connectivity index is 1.73. The standard InChI is InChI=1S/C21H25FN4O2/c1-21(2,26(20(27)28)19-12-25-7-5-14(19)6-8-25)16-3-4-18(22)17(9-16)15-10-23-13-24-11-15/h3-4,9-11,13-14,19H,5-8,12H2,1-2H3,(H,27,28). The Hall–Kier alpha value is -2.54. The highest BCUT2D eigenvalue weighted by molar-refractivity contribution is 5.68. The number of benzene rings is 1. The summed E-state index contributed by atoms with van der Waals surface area (Å²) in [4.78, 5) is 24.2. The molecule has 4 heterocycles. The van der Waals surface area contributed by atoms with Crippen molar-refractivity contribution in [2.24, 2.45) is 5.92 Å². The van der Waals surface area contributed by atoms with Crippen LogP contribution in [0.1, 0.15) is 32.3 Å². The van der Waals surface area contributed by atoms with Gasteiger partial charge in [0.15, 0.2) is 0 Å². The van der Waals surface area contributed by atoms with E-state index in [-0.39, 0.29) is 11.9 Å². The lowest BCUT2D eigenvalue weighted by molar-refractivity contribution is -0.0289. The number of aromatic nitrogens is 2. The third kappa shape index (κ3) is 3.24. The monoisotopic (exact) mass is 384 g/mol. The van der Waals surface area contributed by atoms with E-state index in [1.54, 1.807) is 29.4 Å². The number of hydrogen-bond acceptors (Lipinski definition) is 4. The summed E-state index contributed by atoms with van der Waals surface area (Å²) in [5.41, 5.74) is 0.909. The van der Waals surface area contributed by atoms with E-state index in [0.717, 1.165) is 38.0 Å². The van der Waals surface area contributed by atoms with Crippen LogP contribution in [0.4, 0.5) is 9.18 Å². The van der Waals surface area contributed by atoms with Crippen molar-refractivity contribution in [1.82, 2.24) is 19.8 Å². The summed E-state index contributed by atoms with van der Waals surface area (Å²) >= 11 is 0. The molecule has 1 atom stereocenters. The smallest absolute Gasteiger partial charge is 0.408 e. The minimum atomic E-state index is -0.933. The molecule has 0 aliphatic carbocycles. The Bertz CT molecular complexity index is 866. The van der Waals surface area contributed by atoms with Gasteiger partial charge < -0.3 is 10.0 Å². The normalized spacial score (nSPS) is 24.2. The molecule has 3 aliphatic rings. The van der Waals surface area contributed by atoms with E-state index < -0.39 is 11.6 Å². The first-order chi connectivity index (χ1) is 13.4. The minimum Gasteiger partial charge on any atom is -0.465 e. The first-order valence-corrected chi connectivity index (χ1v) is 9.68. The SMILES string of the molecule is CC(C)(c1ccc(F)c(-c2cncnc2)c1)N(C(=O)O)C1CN2CCC1CC2. The molecule has 1 unspecified atom stereocenters. The highest BCUT2D eigenvalue weighted by Crippen LogP contribution is 2.39. The Morgan fingerprint density at radius 1 is 1.25 bits per heavy atom. The lowest BCUT2D eigenvalue weighted by atomic mass is 9.80. The quantitative estimate of drug-likeness (QED) is 0.872. The first kappa shape index (κ1) is 18.8. The molecular weight excluding hydrogens is 359 g/mol. The van der Waals surface area contributed by atoms with Gasteiger partial charge in [-0.25, -0.2) is 19.2 Å². The summed E-state index contributed by atoms with van der Waals surface area (Å²) in [7, 11) is 0. The van der Waals surface area contributed by atoms with E-state index in [1.807, 2.05) is 13.8 Å². The van der Waals surface area contributed by atoms with Gasteiger partial charge in [0.1, 0.15) is 12.1 Å². The van der Waals surface area contributed by atoms with Crippen molar-refractivity contribution in [3.8, 4) is 11.1 Å². The van der Waals surface area contributed by atoms with Gasteiger partial charge >= 0.3 is 6.09 Å². The summed E-state index contributed by atoms with van der Waals surface area (Å²) in [5, 5.41) is 10.1. The minimum absolute atomic E-state index is 0.0523. The Kier molecular flexibility index (Phi) is 4.79. The fourth-order valence-corrected chi connectivity index (χ4v) is 4.73. The molecule has 0 saturated carbocycles. The third-order valence-corrected chi connectivity index (χ3v) is 6.31. The predicted molar refractivity (Wildman–Crippen MR) is 103 cm³/mol. The van der Waals surface area contributed by atoms with Crippen LogP contribution in [0, 0.1) is 11.7 Å². The average molecular weight is 384 g/mol. The van der Waals surface area contributed by atoms with E-state index in [9.17, 15) is 14.3 Å². The number of fused-ring (bicyclic) bond motifs is 3. The highest BCUT2D eigenvalue weighted by Gasteiger charge is 2.45. The van der Waals surface area contributed by atoms with Gasteiger partial charge in [0.05, 0.1) is 11.6 Å². The lowest BCUT2D eigenvalue weighted by Crippen LogP contribution is -2.62. The molecule has 28 heavy (non-hydrogen) atoms. The van der Waals surface area contributed by atoms with Crippen LogP contribution in [0.5, 0.6) is 0 Å². The van der Waals surface area contributed by atoms with Crippen LogP contribution in [0.3, 0.4) is 0 Å². The molecule has 3 aliphatic heterocycles. The van der Waals surface area contributed by atoms with Crippen LogP contribution in [-0.4, -0.2) is 56.6 Å². The van der Waals surface area contributed by atoms with Gasteiger partial charge in [0.2, 0.25) is 0 Å². The molecule has 3 fully saturated rings. The molecule has 6 nitrogen and oxygen atoms in total. The highest BCUT2D eigenvalue weighted by atomic mass is 19.1. The van der Waals surface area contributed by atoms with Gasteiger partial charge in [-0.1, -0.05) is 6.07 Å². The van der Waals surface area contributed by atoms with Crippen molar-refractivity contribution in [3.63, 3.8) is 0 Å². The molecule has 0 radical (unpaired) electrons. The number of carbonyl (C=O) groups is 1. The second-order valence-electron chi connectivity index (χ2n) is 8.24. The van der Waals surface area contributed by atoms with Gasteiger partial charge in [0, 0.05) is 30.1 Å². The number of amides is 1. The van der Waals surface area contributed by atoms with Crippen molar-refractivity contribution < 1.29 is 14.3 Å². The van der Waals surface area contributed by atoms with Gasteiger partial charge in [-0.05, 0) is 63.4 Å². The Labute approximate surface area is 164 Å². The number of hydrogen-bond donors (Lipinski definition) is 1. The molecular formula is C21H25FN4O2. The van der Waals surface area contributed by atoms with Crippen molar-refractivity contribution in [3.05, 3.63) is 48.3 Å². The number of rotatable bonds is 4.